The van der Waals surface area contributed by atoms with Gasteiger partial charge in [0.1, 0.15) is 11.5 Å². The summed E-state index contributed by atoms with van der Waals surface area (Å²) in [5.74, 6) is 1.67. The smallest absolute Gasteiger partial charge is 0.131 e. The molecule has 0 fully saturated rings. The molecular formula is C15H14BrClO. The van der Waals surface area contributed by atoms with Gasteiger partial charge in [-0.3, -0.25) is 0 Å². The van der Waals surface area contributed by atoms with E-state index < -0.39 is 0 Å². The van der Waals surface area contributed by atoms with Crippen LogP contribution in [0.3, 0.4) is 0 Å². The number of benzene rings is 2. The molecule has 0 amide bonds. The summed E-state index contributed by atoms with van der Waals surface area (Å²) in [6, 6.07) is 11.8. The Labute approximate surface area is 121 Å². The van der Waals surface area contributed by atoms with Gasteiger partial charge in [0.05, 0.1) is 0 Å². The van der Waals surface area contributed by atoms with Crippen molar-refractivity contribution in [1.82, 2.24) is 0 Å². The van der Waals surface area contributed by atoms with Crippen molar-refractivity contribution in [2.45, 2.75) is 19.2 Å². The molecular weight excluding hydrogens is 312 g/mol. The van der Waals surface area contributed by atoms with E-state index in [2.05, 4.69) is 28.1 Å². The third kappa shape index (κ3) is 3.06. The molecule has 0 saturated heterocycles. The molecule has 0 spiro atoms. The van der Waals surface area contributed by atoms with E-state index in [0.717, 1.165) is 28.0 Å². The first kappa shape index (κ1) is 13.4. The van der Waals surface area contributed by atoms with Crippen molar-refractivity contribution in [2.75, 3.05) is 0 Å². The lowest BCUT2D eigenvalue weighted by Gasteiger charge is -2.12. The molecule has 0 radical (unpaired) electrons. The topological polar surface area (TPSA) is 9.23 Å². The molecule has 0 aromatic heterocycles. The van der Waals surface area contributed by atoms with Gasteiger partial charge in [0.25, 0.3) is 0 Å². The summed E-state index contributed by atoms with van der Waals surface area (Å²) in [5.41, 5.74) is 3.43. The maximum atomic E-state index is 5.98. The number of aryl methyl sites for hydroxylation is 2. The van der Waals surface area contributed by atoms with Crippen LogP contribution in [0.2, 0.25) is 5.02 Å². The number of ether oxygens (including phenoxy) is 1. The molecule has 18 heavy (non-hydrogen) atoms. The first-order chi connectivity index (χ1) is 8.60. The van der Waals surface area contributed by atoms with Gasteiger partial charge in [0, 0.05) is 10.4 Å². The molecule has 0 atom stereocenters. The molecule has 0 heterocycles. The van der Waals surface area contributed by atoms with Crippen molar-refractivity contribution in [1.29, 1.82) is 0 Å². The fourth-order valence-corrected chi connectivity index (χ4v) is 2.22. The predicted molar refractivity (Wildman–Crippen MR) is 80.1 cm³/mol. The Kier molecular flexibility index (Phi) is 4.31. The quantitative estimate of drug-likeness (QED) is 0.663. The molecule has 1 nitrogen and oxygen atoms in total. The molecule has 2 rings (SSSR count). The molecule has 0 N–H and O–H groups in total. The lowest BCUT2D eigenvalue weighted by atomic mass is 10.1. The van der Waals surface area contributed by atoms with Crippen LogP contribution in [0.25, 0.3) is 0 Å². The second-order valence-electron chi connectivity index (χ2n) is 4.25. The van der Waals surface area contributed by atoms with Crippen LogP contribution in [0.15, 0.2) is 36.4 Å². The lowest BCUT2D eigenvalue weighted by Crippen LogP contribution is -1.91. The molecule has 0 unspecified atom stereocenters. The van der Waals surface area contributed by atoms with Gasteiger partial charge in [-0.15, -0.1) is 0 Å². The first-order valence-electron chi connectivity index (χ1n) is 5.69. The normalized spacial score (nSPS) is 10.4. The molecule has 3 heteroatoms. The number of halogens is 2. The molecule has 2 aromatic rings. The molecule has 2 aromatic carbocycles. The molecule has 0 aliphatic rings. The number of rotatable bonds is 3. The Morgan fingerprint density at radius 3 is 2.44 bits per heavy atom. The SMILES string of the molecule is Cc1cc(CBr)ccc1Oc1cc(Cl)ccc1C. The van der Waals surface area contributed by atoms with E-state index in [0.29, 0.717) is 5.02 Å². The zero-order valence-corrected chi connectivity index (χ0v) is 12.7. The van der Waals surface area contributed by atoms with E-state index in [4.69, 9.17) is 16.3 Å². The van der Waals surface area contributed by atoms with Crippen LogP contribution in [-0.2, 0) is 5.33 Å². The summed E-state index contributed by atoms with van der Waals surface area (Å²) in [7, 11) is 0. The Morgan fingerprint density at radius 1 is 1.00 bits per heavy atom. The number of hydrogen-bond acceptors (Lipinski definition) is 1. The van der Waals surface area contributed by atoms with Gasteiger partial charge >= 0.3 is 0 Å². The lowest BCUT2D eigenvalue weighted by molar-refractivity contribution is 0.475. The van der Waals surface area contributed by atoms with Crippen LogP contribution in [0.4, 0.5) is 0 Å². The van der Waals surface area contributed by atoms with Crippen molar-refractivity contribution in [3.05, 3.63) is 58.1 Å². The Balaban J connectivity index is 2.31. The monoisotopic (exact) mass is 324 g/mol. The minimum absolute atomic E-state index is 0.685. The highest BCUT2D eigenvalue weighted by Gasteiger charge is 2.05. The van der Waals surface area contributed by atoms with Gasteiger partial charge in [0.2, 0.25) is 0 Å². The van der Waals surface area contributed by atoms with Crippen LogP contribution in [0.1, 0.15) is 16.7 Å². The molecule has 94 valence electrons. The van der Waals surface area contributed by atoms with Crippen molar-refractivity contribution >= 4 is 27.5 Å². The van der Waals surface area contributed by atoms with Gasteiger partial charge in [-0.2, -0.15) is 0 Å². The highest BCUT2D eigenvalue weighted by Crippen LogP contribution is 2.30. The van der Waals surface area contributed by atoms with E-state index >= 15 is 0 Å². The Morgan fingerprint density at radius 2 is 1.78 bits per heavy atom. The highest BCUT2D eigenvalue weighted by molar-refractivity contribution is 9.08. The van der Waals surface area contributed by atoms with Crippen molar-refractivity contribution in [3.63, 3.8) is 0 Å². The minimum Gasteiger partial charge on any atom is -0.457 e. The van der Waals surface area contributed by atoms with E-state index in [1.807, 2.05) is 38.1 Å². The highest BCUT2D eigenvalue weighted by atomic mass is 79.9. The zero-order valence-electron chi connectivity index (χ0n) is 10.3. The van der Waals surface area contributed by atoms with Gasteiger partial charge in [-0.05, 0) is 48.7 Å². The van der Waals surface area contributed by atoms with Crippen LogP contribution < -0.4 is 4.74 Å². The van der Waals surface area contributed by atoms with E-state index in [1.54, 1.807) is 0 Å². The average molecular weight is 326 g/mol. The summed E-state index contributed by atoms with van der Waals surface area (Å²) in [6.45, 7) is 4.05. The third-order valence-electron chi connectivity index (χ3n) is 2.76. The molecule has 0 bridgehead atoms. The largest absolute Gasteiger partial charge is 0.457 e. The number of alkyl halides is 1. The van der Waals surface area contributed by atoms with Crippen molar-refractivity contribution in [2.24, 2.45) is 0 Å². The van der Waals surface area contributed by atoms with Crippen LogP contribution in [0, 0.1) is 13.8 Å². The van der Waals surface area contributed by atoms with Gasteiger partial charge in [-0.1, -0.05) is 45.7 Å². The Hall–Kier alpha value is -0.990. The van der Waals surface area contributed by atoms with Crippen LogP contribution in [-0.4, -0.2) is 0 Å². The summed E-state index contributed by atoms with van der Waals surface area (Å²) in [6.07, 6.45) is 0. The fraction of sp³-hybridized carbons (Fsp3) is 0.200. The second kappa shape index (κ2) is 5.77. The summed E-state index contributed by atoms with van der Waals surface area (Å²) < 4.78 is 5.92. The second-order valence-corrected chi connectivity index (χ2v) is 5.24. The van der Waals surface area contributed by atoms with E-state index in [9.17, 15) is 0 Å². The van der Waals surface area contributed by atoms with Crippen molar-refractivity contribution < 1.29 is 4.74 Å². The van der Waals surface area contributed by atoms with Crippen LogP contribution >= 0.6 is 27.5 Å². The van der Waals surface area contributed by atoms with Gasteiger partial charge in [-0.25, -0.2) is 0 Å². The maximum absolute atomic E-state index is 5.98. The third-order valence-corrected chi connectivity index (χ3v) is 3.65. The zero-order chi connectivity index (χ0) is 13.1. The van der Waals surface area contributed by atoms with E-state index in [1.165, 1.54) is 5.56 Å². The van der Waals surface area contributed by atoms with E-state index in [-0.39, 0.29) is 0 Å². The predicted octanol–water partition coefficient (Wildman–Crippen LogP) is 5.64. The van der Waals surface area contributed by atoms with Gasteiger partial charge in [0.15, 0.2) is 0 Å². The van der Waals surface area contributed by atoms with Gasteiger partial charge < -0.3 is 4.74 Å². The minimum atomic E-state index is 0.685. The van der Waals surface area contributed by atoms with Crippen molar-refractivity contribution in [3.8, 4) is 11.5 Å². The summed E-state index contributed by atoms with van der Waals surface area (Å²) in [4.78, 5) is 0. The average Bonchev–Trinajstić information content (AvgIpc) is 2.36. The first-order valence-corrected chi connectivity index (χ1v) is 7.19. The maximum Gasteiger partial charge on any atom is 0.131 e. The standard InChI is InChI=1S/C15H14BrClO/c1-10-3-5-13(17)8-15(10)18-14-6-4-12(9-16)7-11(14)2/h3-8H,9H2,1-2H3. The molecule has 0 aliphatic carbocycles. The fourth-order valence-electron chi connectivity index (χ4n) is 1.71. The molecule has 0 saturated carbocycles. The summed E-state index contributed by atoms with van der Waals surface area (Å²) >= 11 is 9.43. The Bertz CT molecular complexity index is 566. The number of hydrogen-bond donors (Lipinski definition) is 0. The van der Waals surface area contributed by atoms with Crippen LogP contribution in [0.5, 0.6) is 11.5 Å². The molecule has 0 aliphatic heterocycles. The summed E-state index contributed by atoms with van der Waals surface area (Å²) in [5, 5.41) is 1.54.